The average Bonchev–Trinajstić information content (AvgIpc) is 3.88. The van der Waals surface area contributed by atoms with E-state index in [2.05, 4.69) is 100 Å². The van der Waals surface area contributed by atoms with E-state index in [0.29, 0.717) is 39.5 Å². The van der Waals surface area contributed by atoms with E-state index >= 15 is 0 Å². The molecular formula is C46H46N10S2. The number of hydrogen-bond donors (Lipinski definition) is 1. The molecule has 1 aliphatic carbocycles. The summed E-state index contributed by atoms with van der Waals surface area (Å²) in [6.07, 6.45) is 6.28. The lowest BCUT2D eigenvalue weighted by Crippen LogP contribution is -2.15. The number of pyridine rings is 1. The highest BCUT2D eigenvalue weighted by Crippen LogP contribution is 2.46. The maximum Gasteiger partial charge on any atom is 0.213 e. The Balaban J connectivity index is 1.35. The molecule has 292 valence electrons. The summed E-state index contributed by atoms with van der Waals surface area (Å²) in [5.41, 5.74) is 12.7. The predicted octanol–water partition coefficient (Wildman–Crippen LogP) is 13.2. The second-order valence-electron chi connectivity index (χ2n) is 16.2. The van der Waals surface area contributed by atoms with Gasteiger partial charge in [0.2, 0.25) is 5.13 Å². The Labute approximate surface area is 347 Å². The van der Waals surface area contributed by atoms with Crippen LogP contribution >= 0.6 is 22.7 Å². The van der Waals surface area contributed by atoms with E-state index in [4.69, 9.17) is 30.3 Å². The van der Waals surface area contributed by atoms with E-state index in [0.717, 1.165) is 73.1 Å². The standard InChI is InChI=1S/C46H46N10S2/c1-25-19-27(3)38(28(4)20-25)51-42-39(52-53-43-32(24-47)41(46(8,9)10)54-56(43)45-49-34-16-12-14-18-36(34)58-45)29(5)23-37(50-42)55(40-30(6)21-26(2)22-31(40)7)44-48-33-15-11-13-17-35(33)57-44/h12-14,16-23H,11,15H2,1-10H3,(H,50,51). The summed E-state index contributed by atoms with van der Waals surface area (Å²) in [5.74, 6) is 1.55. The van der Waals surface area contributed by atoms with Crippen molar-refractivity contribution in [2.45, 2.75) is 87.5 Å². The molecule has 0 unspecified atom stereocenters. The fourth-order valence-electron chi connectivity index (χ4n) is 7.78. The zero-order valence-corrected chi connectivity index (χ0v) is 36.2. The third kappa shape index (κ3) is 7.20. The van der Waals surface area contributed by atoms with E-state index in [9.17, 15) is 5.26 Å². The SMILES string of the molecule is Cc1cc(C)c(Nc2nc(N(c3nc4c(s3)C=CCC4)c3c(C)cc(C)cc3C)cc(C)c2N=Nc2c(C#N)c(C(C)(C)C)nn2-c2nc3ccccc3s2)c(C)c1. The number of hydrogen-bond acceptors (Lipinski definition) is 11. The number of azo groups is 1. The molecule has 1 N–H and O–H groups in total. The van der Waals surface area contributed by atoms with Gasteiger partial charge in [0.25, 0.3) is 0 Å². The summed E-state index contributed by atoms with van der Waals surface area (Å²) in [6.45, 7) is 20.9. The second-order valence-corrected chi connectivity index (χ2v) is 18.2. The summed E-state index contributed by atoms with van der Waals surface area (Å²) in [6, 6.07) is 21.2. The number of anilines is 5. The number of nitrogens with zero attached hydrogens (tertiary/aromatic N) is 9. The summed E-state index contributed by atoms with van der Waals surface area (Å²) in [5, 5.41) is 30.6. The van der Waals surface area contributed by atoms with Crippen molar-refractivity contribution in [1.82, 2.24) is 24.7 Å². The number of para-hydroxylation sites is 1. The van der Waals surface area contributed by atoms with Gasteiger partial charge in [0.05, 0.1) is 32.2 Å². The molecule has 0 bridgehead atoms. The zero-order valence-electron chi connectivity index (χ0n) is 34.6. The molecule has 0 spiro atoms. The molecule has 12 heteroatoms. The summed E-state index contributed by atoms with van der Waals surface area (Å²) in [7, 11) is 0. The molecule has 8 rings (SSSR count). The second kappa shape index (κ2) is 15.0. The monoisotopic (exact) mass is 802 g/mol. The Morgan fingerprint density at radius 2 is 1.52 bits per heavy atom. The molecule has 7 aromatic rings. The first-order chi connectivity index (χ1) is 27.7. The van der Waals surface area contributed by atoms with Crippen LogP contribution in [0.5, 0.6) is 0 Å². The van der Waals surface area contributed by atoms with Crippen LogP contribution in [-0.2, 0) is 11.8 Å². The van der Waals surface area contributed by atoms with E-state index < -0.39 is 5.41 Å². The lowest BCUT2D eigenvalue weighted by molar-refractivity contribution is 0.559. The minimum atomic E-state index is -0.440. The van der Waals surface area contributed by atoms with Gasteiger partial charge >= 0.3 is 0 Å². The van der Waals surface area contributed by atoms with Crippen molar-refractivity contribution in [2.24, 2.45) is 10.2 Å². The van der Waals surface area contributed by atoms with Crippen molar-refractivity contribution in [1.29, 1.82) is 5.26 Å². The van der Waals surface area contributed by atoms with Crippen LogP contribution in [0, 0.1) is 59.8 Å². The maximum absolute atomic E-state index is 10.6. The number of nitriles is 1. The molecule has 3 aromatic carbocycles. The van der Waals surface area contributed by atoms with E-state index in [-0.39, 0.29) is 0 Å². The van der Waals surface area contributed by atoms with E-state index in [1.54, 1.807) is 16.0 Å². The number of nitrogens with one attached hydrogen (secondary N) is 1. The smallest absolute Gasteiger partial charge is 0.213 e. The van der Waals surface area contributed by atoms with E-state index in [1.165, 1.54) is 27.3 Å². The van der Waals surface area contributed by atoms with Gasteiger partial charge in [-0.2, -0.15) is 15.0 Å². The van der Waals surface area contributed by atoms with Crippen LogP contribution in [0.15, 0.2) is 70.9 Å². The number of benzene rings is 3. The molecule has 0 amide bonds. The van der Waals surface area contributed by atoms with Gasteiger partial charge in [0.1, 0.15) is 23.1 Å². The average molecular weight is 803 g/mol. The number of aryl methyl sites for hydroxylation is 8. The third-order valence-corrected chi connectivity index (χ3v) is 12.4. The fraction of sp³-hybridized carbons (Fsp3) is 0.283. The Kier molecular flexibility index (Phi) is 10.1. The number of fused-ring (bicyclic) bond motifs is 2. The van der Waals surface area contributed by atoms with Crippen LogP contribution in [0.25, 0.3) is 21.4 Å². The topological polar surface area (TPSA) is 120 Å². The maximum atomic E-state index is 10.6. The molecule has 0 atom stereocenters. The van der Waals surface area contributed by atoms with Gasteiger partial charge < -0.3 is 5.32 Å². The van der Waals surface area contributed by atoms with Crippen LogP contribution in [0.4, 0.5) is 39.6 Å². The molecule has 0 aliphatic heterocycles. The highest BCUT2D eigenvalue weighted by Gasteiger charge is 2.30. The number of aromatic nitrogens is 5. The molecular weight excluding hydrogens is 757 g/mol. The highest BCUT2D eigenvalue weighted by molar-refractivity contribution is 7.20. The molecule has 0 radical (unpaired) electrons. The third-order valence-electron chi connectivity index (χ3n) is 10.3. The van der Waals surface area contributed by atoms with Crippen LogP contribution < -0.4 is 10.2 Å². The molecule has 0 saturated carbocycles. The van der Waals surface area contributed by atoms with E-state index in [1.807, 2.05) is 52.0 Å². The first-order valence-electron chi connectivity index (χ1n) is 19.4. The molecule has 0 fully saturated rings. The summed E-state index contributed by atoms with van der Waals surface area (Å²) >= 11 is 3.17. The lowest BCUT2D eigenvalue weighted by atomic mass is 9.90. The number of allylic oxidation sites excluding steroid dienone is 1. The van der Waals surface area contributed by atoms with Crippen LogP contribution in [0.3, 0.4) is 0 Å². The van der Waals surface area contributed by atoms with Crippen molar-refractivity contribution in [2.75, 3.05) is 10.2 Å². The van der Waals surface area contributed by atoms with Gasteiger partial charge in [0, 0.05) is 11.1 Å². The normalized spacial score (nSPS) is 12.7. The van der Waals surface area contributed by atoms with Crippen molar-refractivity contribution in [3.05, 3.63) is 121 Å². The summed E-state index contributed by atoms with van der Waals surface area (Å²) < 4.78 is 2.67. The van der Waals surface area contributed by atoms with Gasteiger partial charge in [-0.1, -0.05) is 97.0 Å². The molecule has 58 heavy (non-hydrogen) atoms. The Morgan fingerprint density at radius 3 is 2.17 bits per heavy atom. The van der Waals surface area contributed by atoms with Crippen molar-refractivity contribution >= 4 is 78.6 Å². The van der Waals surface area contributed by atoms with Crippen LogP contribution in [0.1, 0.15) is 88.0 Å². The van der Waals surface area contributed by atoms with Crippen molar-refractivity contribution in [3.63, 3.8) is 0 Å². The minimum absolute atomic E-state index is 0.317. The molecule has 1 aliphatic rings. The Hall–Kier alpha value is -6.03. The lowest BCUT2D eigenvalue weighted by Gasteiger charge is -2.27. The van der Waals surface area contributed by atoms with Crippen molar-refractivity contribution < 1.29 is 0 Å². The van der Waals surface area contributed by atoms with Gasteiger partial charge in [-0.05, 0) is 113 Å². The van der Waals surface area contributed by atoms with Gasteiger partial charge in [-0.15, -0.1) is 10.2 Å². The Morgan fingerprint density at radius 1 is 0.828 bits per heavy atom. The van der Waals surface area contributed by atoms with Gasteiger partial charge in [-0.3, -0.25) is 4.90 Å². The van der Waals surface area contributed by atoms with Gasteiger partial charge in [-0.25, -0.2) is 15.0 Å². The molecule has 4 aromatic heterocycles. The number of thiazole rings is 2. The predicted molar refractivity (Wildman–Crippen MR) is 239 cm³/mol. The fourth-order valence-corrected chi connectivity index (χ4v) is 9.76. The molecule has 0 saturated heterocycles. The number of rotatable bonds is 8. The summed E-state index contributed by atoms with van der Waals surface area (Å²) in [4.78, 5) is 18.9. The van der Waals surface area contributed by atoms with Crippen LogP contribution in [0.2, 0.25) is 0 Å². The van der Waals surface area contributed by atoms with Crippen molar-refractivity contribution in [3.8, 4) is 11.2 Å². The first kappa shape index (κ1) is 38.8. The molecule has 10 nitrogen and oxygen atoms in total. The first-order valence-corrected chi connectivity index (χ1v) is 21.1. The molecule has 4 heterocycles. The quantitative estimate of drug-likeness (QED) is 0.152. The van der Waals surface area contributed by atoms with Gasteiger partial charge in [0.15, 0.2) is 16.8 Å². The highest BCUT2D eigenvalue weighted by atomic mass is 32.1. The Bertz CT molecular complexity index is 2780. The zero-order chi connectivity index (χ0) is 41.0. The largest absolute Gasteiger partial charge is 0.338 e. The van der Waals surface area contributed by atoms with Crippen LogP contribution in [-0.4, -0.2) is 24.7 Å². The minimum Gasteiger partial charge on any atom is -0.338 e.